The minimum atomic E-state index is -2.64. The highest BCUT2D eigenvalue weighted by atomic mass is 19.3. The number of hydrogen-bond acceptors (Lipinski definition) is 4. The fourth-order valence-electron chi connectivity index (χ4n) is 4.66. The second-order valence-electron chi connectivity index (χ2n) is 9.78. The molecule has 1 aromatic carbocycles. The molecule has 4 rings (SSSR count). The van der Waals surface area contributed by atoms with E-state index in [1.807, 2.05) is 6.07 Å². The van der Waals surface area contributed by atoms with Crippen molar-refractivity contribution in [2.24, 2.45) is 0 Å². The minimum absolute atomic E-state index is 0.164. The number of pyridine rings is 1. The molecule has 2 aromatic rings. The first-order valence-electron chi connectivity index (χ1n) is 12.1. The second kappa shape index (κ2) is 10.8. The van der Waals surface area contributed by atoms with Gasteiger partial charge in [0.25, 0.3) is 0 Å². The summed E-state index contributed by atoms with van der Waals surface area (Å²) in [6.45, 7) is -0.609. The van der Waals surface area contributed by atoms with Crippen LogP contribution in [0.2, 0.25) is 0 Å². The van der Waals surface area contributed by atoms with Crippen LogP contribution in [0.4, 0.5) is 18.0 Å². The molecule has 0 radical (unpaired) electrons. The van der Waals surface area contributed by atoms with Gasteiger partial charge in [-0.05, 0) is 23.1 Å². The summed E-state index contributed by atoms with van der Waals surface area (Å²) in [7, 11) is 3.05. The van der Waals surface area contributed by atoms with E-state index in [2.05, 4.69) is 15.6 Å². The Morgan fingerprint density at radius 1 is 1.14 bits per heavy atom. The SMILES string of the molecule is CN(C)C(=O)NCC(=O)N1C[C@H](F)CC1C(=O)N[C@@H](c1ccccc1)c1ccc(C2CC(F)(F)C2)cn1. The molecule has 198 valence electrons. The standard InChI is InChI=1S/C26H30F3N5O3/c1-33(2)25(37)31-14-22(35)34-15-19(27)10-21(34)24(36)32-23(16-6-4-3-5-7-16)20-9-8-17(13-30-20)18-11-26(28,29)12-18/h3-9,13,18-19,21,23H,10-12,14-15H2,1-2H3,(H,31,37)(H,32,36)/t19-,21?,23+/m1/s1. The summed E-state index contributed by atoms with van der Waals surface area (Å²) in [6, 6.07) is 10.2. The van der Waals surface area contributed by atoms with E-state index < -0.39 is 42.0 Å². The summed E-state index contributed by atoms with van der Waals surface area (Å²) < 4.78 is 40.9. The Hall–Kier alpha value is -3.63. The van der Waals surface area contributed by atoms with Crippen molar-refractivity contribution in [3.8, 4) is 0 Å². The van der Waals surface area contributed by atoms with Gasteiger partial charge < -0.3 is 20.4 Å². The number of nitrogens with zero attached hydrogens (tertiary/aromatic N) is 3. The quantitative estimate of drug-likeness (QED) is 0.591. The van der Waals surface area contributed by atoms with E-state index in [0.717, 1.165) is 10.5 Å². The summed E-state index contributed by atoms with van der Waals surface area (Å²) in [5, 5.41) is 5.33. The smallest absolute Gasteiger partial charge is 0.317 e. The number of nitrogens with one attached hydrogen (secondary N) is 2. The maximum absolute atomic E-state index is 14.3. The molecule has 1 unspecified atom stereocenters. The highest BCUT2D eigenvalue weighted by Crippen LogP contribution is 2.48. The summed E-state index contributed by atoms with van der Waals surface area (Å²) >= 11 is 0. The third-order valence-electron chi connectivity index (χ3n) is 6.76. The number of alkyl halides is 3. The molecule has 1 aromatic heterocycles. The van der Waals surface area contributed by atoms with Gasteiger partial charge in [-0.25, -0.2) is 18.0 Å². The van der Waals surface area contributed by atoms with Crippen molar-refractivity contribution < 1.29 is 27.6 Å². The predicted octanol–water partition coefficient (Wildman–Crippen LogP) is 3.01. The molecule has 2 N–H and O–H groups in total. The Balaban J connectivity index is 1.50. The Morgan fingerprint density at radius 3 is 2.43 bits per heavy atom. The summed E-state index contributed by atoms with van der Waals surface area (Å²) in [6.07, 6.45) is -0.413. The molecular formula is C26H30F3N5O3. The van der Waals surface area contributed by atoms with Crippen LogP contribution in [0, 0.1) is 0 Å². The van der Waals surface area contributed by atoms with Gasteiger partial charge in [0.2, 0.25) is 17.7 Å². The third-order valence-corrected chi connectivity index (χ3v) is 6.76. The number of urea groups is 1. The van der Waals surface area contributed by atoms with Crippen molar-refractivity contribution in [1.82, 2.24) is 25.4 Å². The molecule has 2 aliphatic rings. The Labute approximate surface area is 213 Å². The first-order chi connectivity index (χ1) is 17.5. The van der Waals surface area contributed by atoms with Crippen molar-refractivity contribution in [2.45, 2.75) is 49.4 Å². The Morgan fingerprint density at radius 2 is 1.84 bits per heavy atom. The second-order valence-corrected chi connectivity index (χ2v) is 9.78. The zero-order chi connectivity index (χ0) is 26.7. The molecule has 0 spiro atoms. The lowest BCUT2D eigenvalue weighted by Gasteiger charge is -2.35. The van der Waals surface area contributed by atoms with Crippen molar-refractivity contribution >= 4 is 17.8 Å². The number of aromatic nitrogens is 1. The molecule has 0 bridgehead atoms. The molecule has 3 atom stereocenters. The van der Waals surface area contributed by atoms with Gasteiger partial charge in [-0.15, -0.1) is 0 Å². The number of benzene rings is 1. The summed E-state index contributed by atoms with van der Waals surface area (Å²) in [5.41, 5.74) is 1.91. The number of hydrogen-bond donors (Lipinski definition) is 2. The van der Waals surface area contributed by atoms with E-state index in [-0.39, 0.29) is 38.3 Å². The fraction of sp³-hybridized carbons (Fsp3) is 0.462. The van der Waals surface area contributed by atoms with Crippen molar-refractivity contribution in [3.63, 3.8) is 0 Å². The number of halogens is 3. The van der Waals surface area contributed by atoms with E-state index in [4.69, 9.17) is 0 Å². The fourth-order valence-corrected chi connectivity index (χ4v) is 4.66. The number of amides is 4. The Kier molecular flexibility index (Phi) is 7.70. The molecule has 1 aliphatic heterocycles. The number of likely N-dealkylation sites (tertiary alicyclic amines) is 1. The maximum atomic E-state index is 14.3. The van der Waals surface area contributed by atoms with Gasteiger partial charge in [0.05, 0.1) is 24.8 Å². The molecule has 1 aliphatic carbocycles. The lowest BCUT2D eigenvalue weighted by atomic mass is 9.77. The monoisotopic (exact) mass is 517 g/mol. The van der Waals surface area contributed by atoms with E-state index >= 15 is 0 Å². The molecular weight excluding hydrogens is 487 g/mol. The van der Waals surface area contributed by atoms with Gasteiger partial charge in [-0.3, -0.25) is 14.6 Å². The van der Waals surface area contributed by atoms with Crippen LogP contribution in [-0.4, -0.2) is 78.0 Å². The van der Waals surface area contributed by atoms with Gasteiger partial charge in [-0.2, -0.15) is 0 Å². The lowest BCUT2D eigenvalue weighted by molar-refractivity contribution is -0.137. The van der Waals surface area contributed by atoms with Crippen LogP contribution >= 0.6 is 0 Å². The molecule has 1 saturated heterocycles. The van der Waals surface area contributed by atoms with Crippen LogP contribution < -0.4 is 10.6 Å². The molecule has 37 heavy (non-hydrogen) atoms. The average molecular weight is 518 g/mol. The van der Waals surface area contributed by atoms with Crippen LogP contribution in [0.3, 0.4) is 0 Å². The van der Waals surface area contributed by atoms with Crippen molar-refractivity contribution in [2.75, 3.05) is 27.2 Å². The zero-order valence-electron chi connectivity index (χ0n) is 20.7. The number of rotatable bonds is 7. The zero-order valence-corrected chi connectivity index (χ0v) is 20.7. The van der Waals surface area contributed by atoms with Gasteiger partial charge in [0, 0.05) is 39.6 Å². The van der Waals surface area contributed by atoms with Crippen LogP contribution in [-0.2, 0) is 9.59 Å². The molecule has 1 saturated carbocycles. The first-order valence-corrected chi connectivity index (χ1v) is 12.1. The van der Waals surface area contributed by atoms with Gasteiger partial charge in [-0.1, -0.05) is 36.4 Å². The summed E-state index contributed by atoms with van der Waals surface area (Å²) in [4.78, 5) is 44.7. The van der Waals surface area contributed by atoms with Crippen molar-refractivity contribution in [3.05, 3.63) is 65.5 Å². The van der Waals surface area contributed by atoms with Crippen LogP contribution in [0.1, 0.15) is 48.0 Å². The highest BCUT2D eigenvalue weighted by Gasteiger charge is 2.46. The predicted molar refractivity (Wildman–Crippen MR) is 130 cm³/mol. The van der Waals surface area contributed by atoms with E-state index in [0.29, 0.717) is 11.3 Å². The lowest BCUT2D eigenvalue weighted by Crippen LogP contribution is -2.50. The molecule has 2 fully saturated rings. The first kappa shape index (κ1) is 26.4. The molecule has 8 nitrogen and oxygen atoms in total. The topological polar surface area (TPSA) is 94.6 Å². The van der Waals surface area contributed by atoms with E-state index in [1.165, 1.54) is 19.0 Å². The van der Waals surface area contributed by atoms with Gasteiger partial charge >= 0.3 is 6.03 Å². The highest BCUT2D eigenvalue weighted by molar-refractivity contribution is 5.91. The summed E-state index contributed by atoms with van der Waals surface area (Å²) in [5.74, 6) is -4.01. The van der Waals surface area contributed by atoms with Crippen LogP contribution in [0.15, 0.2) is 48.7 Å². The Bertz CT molecular complexity index is 1120. The van der Waals surface area contributed by atoms with Crippen molar-refractivity contribution in [1.29, 1.82) is 0 Å². The molecule has 4 amide bonds. The maximum Gasteiger partial charge on any atom is 0.317 e. The molecule has 2 heterocycles. The normalized spacial score (nSPS) is 21.6. The van der Waals surface area contributed by atoms with E-state index in [9.17, 15) is 27.6 Å². The number of carbonyl (C=O) groups is 3. The van der Waals surface area contributed by atoms with E-state index in [1.54, 1.807) is 42.6 Å². The van der Waals surface area contributed by atoms with Crippen LogP contribution in [0.25, 0.3) is 0 Å². The largest absolute Gasteiger partial charge is 0.342 e. The van der Waals surface area contributed by atoms with Gasteiger partial charge in [0.1, 0.15) is 12.2 Å². The number of carbonyl (C=O) groups excluding carboxylic acids is 3. The molecule has 11 heteroatoms. The average Bonchev–Trinajstić information content (AvgIpc) is 3.26. The van der Waals surface area contributed by atoms with Crippen LogP contribution in [0.5, 0.6) is 0 Å². The van der Waals surface area contributed by atoms with Gasteiger partial charge in [0.15, 0.2) is 0 Å². The third kappa shape index (κ3) is 6.20. The minimum Gasteiger partial charge on any atom is -0.342 e.